The minimum absolute atomic E-state index is 0.142. The van der Waals surface area contributed by atoms with Gasteiger partial charge in [0, 0.05) is 25.5 Å². The highest BCUT2D eigenvalue weighted by molar-refractivity contribution is 5.30. The zero-order valence-corrected chi connectivity index (χ0v) is 9.06. The van der Waals surface area contributed by atoms with Gasteiger partial charge in [0.2, 0.25) is 5.95 Å². The second-order valence-electron chi connectivity index (χ2n) is 3.96. The van der Waals surface area contributed by atoms with Crippen LogP contribution in [0.15, 0.2) is 12.4 Å². The number of aliphatic hydroxyl groups is 1. The van der Waals surface area contributed by atoms with Crippen LogP contribution in [-0.2, 0) is 6.42 Å². The van der Waals surface area contributed by atoms with Gasteiger partial charge in [0.15, 0.2) is 0 Å². The van der Waals surface area contributed by atoms with Crippen LogP contribution in [0.3, 0.4) is 0 Å². The third-order valence-corrected chi connectivity index (χ3v) is 2.85. The molecule has 1 aliphatic rings. The molecular formula is C11H17N3O. The zero-order chi connectivity index (χ0) is 10.7. The Hall–Kier alpha value is -1.16. The fourth-order valence-electron chi connectivity index (χ4n) is 1.76. The van der Waals surface area contributed by atoms with Crippen molar-refractivity contribution in [2.45, 2.75) is 32.3 Å². The highest BCUT2D eigenvalue weighted by atomic mass is 16.3. The van der Waals surface area contributed by atoms with Crippen LogP contribution in [0.4, 0.5) is 5.95 Å². The maximum absolute atomic E-state index is 9.39. The van der Waals surface area contributed by atoms with Crippen LogP contribution < -0.4 is 4.90 Å². The number of anilines is 1. The standard InChI is InChI=1S/C11H17N3O/c1-2-9-7-12-11(13-8-9)14-5-3-10(15)4-6-14/h7-8,10,15H,2-6H2,1H3. The van der Waals surface area contributed by atoms with Gasteiger partial charge in [0.25, 0.3) is 0 Å². The van der Waals surface area contributed by atoms with Crippen molar-refractivity contribution >= 4 is 5.95 Å². The fraction of sp³-hybridized carbons (Fsp3) is 0.636. The Kier molecular flexibility index (Phi) is 3.16. The number of hydrogen-bond acceptors (Lipinski definition) is 4. The summed E-state index contributed by atoms with van der Waals surface area (Å²) in [6.07, 6.45) is 6.23. The van der Waals surface area contributed by atoms with Crippen LogP contribution in [0.5, 0.6) is 0 Å². The molecule has 0 atom stereocenters. The van der Waals surface area contributed by atoms with E-state index in [2.05, 4.69) is 21.8 Å². The lowest BCUT2D eigenvalue weighted by atomic mass is 10.1. The Labute approximate surface area is 90.0 Å². The molecule has 4 nitrogen and oxygen atoms in total. The molecule has 0 amide bonds. The Balaban J connectivity index is 2.03. The highest BCUT2D eigenvalue weighted by Gasteiger charge is 2.18. The molecule has 1 fully saturated rings. The number of aliphatic hydroxyl groups excluding tert-OH is 1. The summed E-state index contributed by atoms with van der Waals surface area (Å²) in [4.78, 5) is 10.8. The number of nitrogens with zero attached hydrogens (tertiary/aromatic N) is 3. The number of piperidine rings is 1. The van der Waals surface area contributed by atoms with Crippen molar-refractivity contribution in [1.82, 2.24) is 9.97 Å². The average molecular weight is 207 g/mol. The molecule has 1 aliphatic heterocycles. The topological polar surface area (TPSA) is 49.2 Å². The van der Waals surface area contributed by atoms with Gasteiger partial charge in [-0.15, -0.1) is 0 Å². The van der Waals surface area contributed by atoms with Gasteiger partial charge < -0.3 is 10.0 Å². The van der Waals surface area contributed by atoms with Gasteiger partial charge in [-0.25, -0.2) is 9.97 Å². The molecule has 0 aliphatic carbocycles. The lowest BCUT2D eigenvalue weighted by Crippen LogP contribution is -2.36. The van der Waals surface area contributed by atoms with Gasteiger partial charge >= 0.3 is 0 Å². The van der Waals surface area contributed by atoms with E-state index < -0.39 is 0 Å². The van der Waals surface area contributed by atoms with Gasteiger partial charge in [0.1, 0.15) is 0 Å². The molecule has 2 heterocycles. The van der Waals surface area contributed by atoms with Crippen molar-refractivity contribution < 1.29 is 5.11 Å². The van der Waals surface area contributed by atoms with E-state index >= 15 is 0 Å². The number of aryl methyl sites for hydroxylation is 1. The van der Waals surface area contributed by atoms with E-state index in [0.29, 0.717) is 0 Å². The summed E-state index contributed by atoms with van der Waals surface area (Å²) >= 11 is 0. The molecule has 82 valence electrons. The molecule has 0 spiro atoms. The second kappa shape index (κ2) is 4.57. The molecule has 2 rings (SSSR count). The van der Waals surface area contributed by atoms with Crippen molar-refractivity contribution in [2.24, 2.45) is 0 Å². The van der Waals surface area contributed by atoms with E-state index in [1.165, 1.54) is 0 Å². The van der Waals surface area contributed by atoms with Crippen LogP contribution in [0.1, 0.15) is 25.3 Å². The molecular weight excluding hydrogens is 190 g/mol. The monoisotopic (exact) mass is 207 g/mol. The van der Waals surface area contributed by atoms with Crippen molar-refractivity contribution in [2.75, 3.05) is 18.0 Å². The molecule has 1 N–H and O–H groups in total. The van der Waals surface area contributed by atoms with Crippen LogP contribution in [0.2, 0.25) is 0 Å². The molecule has 0 bridgehead atoms. The summed E-state index contributed by atoms with van der Waals surface area (Å²) in [5, 5.41) is 9.39. The first-order chi connectivity index (χ1) is 7.29. The third-order valence-electron chi connectivity index (χ3n) is 2.85. The molecule has 1 saturated heterocycles. The minimum atomic E-state index is -0.142. The van der Waals surface area contributed by atoms with Crippen molar-refractivity contribution in [1.29, 1.82) is 0 Å². The smallest absolute Gasteiger partial charge is 0.225 e. The Morgan fingerprint density at radius 2 is 1.93 bits per heavy atom. The Morgan fingerprint density at radius 1 is 1.33 bits per heavy atom. The summed E-state index contributed by atoms with van der Waals surface area (Å²) in [5.74, 6) is 0.791. The second-order valence-corrected chi connectivity index (χ2v) is 3.96. The summed E-state index contributed by atoms with van der Waals surface area (Å²) in [6, 6.07) is 0. The normalized spacial score (nSPS) is 18.1. The van der Waals surface area contributed by atoms with Crippen molar-refractivity contribution in [3.05, 3.63) is 18.0 Å². The maximum atomic E-state index is 9.39. The van der Waals surface area contributed by atoms with Crippen LogP contribution in [0.25, 0.3) is 0 Å². The highest BCUT2D eigenvalue weighted by Crippen LogP contribution is 2.15. The third kappa shape index (κ3) is 2.45. The summed E-state index contributed by atoms with van der Waals surface area (Å²) in [6.45, 7) is 3.80. The predicted octanol–water partition coefficient (Wildman–Crippen LogP) is 1.00. The van der Waals surface area contributed by atoms with Crippen LogP contribution in [0, 0.1) is 0 Å². The molecule has 0 unspecified atom stereocenters. The molecule has 4 heteroatoms. The zero-order valence-electron chi connectivity index (χ0n) is 9.06. The first kappa shape index (κ1) is 10.4. The van der Waals surface area contributed by atoms with Gasteiger partial charge in [-0.3, -0.25) is 0 Å². The average Bonchev–Trinajstić information content (AvgIpc) is 2.30. The summed E-state index contributed by atoms with van der Waals surface area (Å²) in [7, 11) is 0. The Bertz CT molecular complexity index is 304. The first-order valence-corrected chi connectivity index (χ1v) is 5.53. The van der Waals surface area contributed by atoms with Gasteiger partial charge in [-0.1, -0.05) is 6.92 Å². The summed E-state index contributed by atoms with van der Waals surface area (Å²) in [5.41, 5.74) is 1.16. The van der Waals surface area contributed by atoms with Gasteiger partial charge in [-0.2, -0.15) is 0 Å². The number of aromatic nitrogens is 2. The quantitative estimate of drug-likeness (QED) is 0.786. The van der Waals surface area contributed by atoms with E-state index in [-0.39, 0.29) is 6.10 Å². The number of hydrogen-bond donors (Lipinski definition) is 1. The van der Waals surface area contributed by atoms with E-state index in [9.17, 15) is 5.11 Å². The molecule has 0 radical (unpaired) electrons. The predicted molar refractivity (Wildman–Crippen MR) is 58.9 cm³/mol. The minimum Gasteiger partial charge on any atom is -0.393 e. The van der Waals surface area contributed by atoms with Crippen molar-refractivity contribution in [3.63, 3.8) is 0 Å². The largest absolute Gasteiger partial charge is 0.393 e. The molecule has 1 aromatic heterocycles. The molecule has 1 aromatic rings. The van der Waals surface area contributed by atoms with Crippen molar-refractivity contribution in [3.8, 4) is 0 Å². The van der Waals surface area contributed by atoms with Crippen LogP contribution >= 0.6 is 0 Å². The van der Waals surface area contributed by atoms with E-state index in [1.54, 1.807) is 0 Å². The molecule has 0 saturated carbocycles. The van der Waals surface area contributed by atoms with E-state index in [4.69, 9.17) is 0 Å². The SMILES string of the molecule is CCc1cnc(N2CCC(O)CC2)nc1. The van der Waals surface area contributed by atoms with Crippen LogP contribution in [-0.4, -0.2) is 34.3 Å². The van der Waals surface area contributed by atoms with Gasteiger partial charge in [0.05, 0.1) is 6.10 Å². The van der Waals surface area contributed by atoms with E-state index in [1.807, 2.05) is 12.4 Å². The molecule has 0 aromatic carbocycles. The van der Waals surface area contributed by atoms with E-state index in [0.717, 1.165) is 43.9 Å². The number of rotatable bonds is 2. The Morgan fingerprint density at radius 3 is 2.47 bits per heavy atom. The summed E-state index contributed by atoms with van der Waals surface area (Å²) < 4.78 is 0. The lowest BCUT2D eigenvalue weighted by Gasteiger charge is -2.29. The van der Waals surface area contributed by atoms with Gasteiger partial charge in [-0.05, 0) is 24.8 Å². The first-order valence-electron chi connectivity index (χ1n) is 5.53. The maximum Gasteiger partial charge on any atom is 0.225 e. The fourth-order valence-corrected chi connectivity index (χ4v) is 1.76. The lowest BCUT2D eigenvalue weighted by molar-refractivity contribution is 0.145. The molecule has 15 heavy (non-hydrogen) atoms.